The Bertz CT molecular complexity index is 824. The highest BCUT2D eigenvalue weighted by atomic mass is 16.6. The third-order valence-corrected chi connectivity index (χ3v) is 5.04. The first kappa shape index (κ1) is 17.7. The lowest BCUT2D eigenvalue weighted by Crippen LogP contribution is -2.33. The molecule has 2 aromatic rings. The molecule has 6 nitrogen and oxygen atoms in total. The molecular weight excluding hydrogens is 344 g/mol. The zero-order chi connectivity index (χ0) is 18.6. The number of fused-ring (bicyclic) bond motifs is 1. The molecule has 1 fully saturated rings. The van der Waals surface area contributed by atoms with Gasteiger partial charge in [0.05, 0.1) is 19.3 Å². The molecule has 6 heteroatoms. The van der Waals surface area contributed by atoms with Gasteiger partial charge in [-0.2, -0.15) is 0 Å². The molecule has 2 heterocycles. The Kier molecular flexibility index (Phi) is 5.16. The second-order valence-corrected chi connectivity index (χ2v) is 6.78. The van der Waals surface area contributed by atoms with Crippen molar-refractivity contribution in [3.8, 4) is 17.2 Å². The minimum Gasteiger partial charge on any atom is -0.495 e. The van der Waals surface area contributed by atoms with E-state index in [0.29, 0.717) is 31.2 Å². The highest BCUT2D eigenvalue weighted by Crippen LogP contribution is 2.38. The summed E-state index contributed by atoms with van der Waals surface area (Å²) in [5, 5.41) is 2.96. The number of carbonyl (C=O) groups is 1. The third kappa shape index (κ3) is 3.85. The highest BCUT2D eigenvalue weighted by molar-refractivity contribution is 5.93. The molecule has 0 saturated carbocycles. The Morgan fingerprint density at radius 2 is 2.00 bits per heavy atom. The van der Waals surface area contributed by atoms with Gasteiger partial charge in [-0.25, -0.2) is 0 Å². The van der Waals surface area contributed by atoms with Gasteiger partial charge in [-0.1, -0.05) is 18.2 Å². The lowest BCUT2D eigenvalue weighted by Gasteiger charge is -2.26. The predicted octanol–water partition coefficient (Wildman–Crippen LogP) is 3.24. The fourth-order valence-electron chi connectivity index (χ4n) is 3.78. The number of amides is 1. The van der Waals surface area contributed by atoms with Crippen LogP contribution in [0.15, 0.2) is 42.5 Å². The largest absolute Gasteiger partial charge is 0.495 e. The first-order chi connectivity index (χ1) is 13.2. The van der Waals surface area contributed by atoms with E-state index in [-0.39, 0.29) is 11.9 Å². The molecule has 2 aliphatic rings. The summed E-state index contributed by atoms with van der Waals surface area (Å²) in [4.78, 5) is 14.8. The summed E-state index contributed by atoms with van der Waals surface area (Å²) in [6.45, 7) is 2.41. The SMILES string of the molecule is COc1ccccc1NC(=O)CN1CCC[C@@H]1c1ccc2c(c1)OCCO2. The van der Waals surface area contributed by atoms with E-state index >= 15 is 0 Å². The van der Waals surface area contributed by atoms with Crippen molar-refractivity contribution in [2.75, 3.05) is 38.7 Å². The van der Waals surface area contributed by atoms with Crippen molar-refractivity contribution in [1.29, 1.82) is 0 Å². The Morgan fingerprint density at radius 3 is 2.85 bits per heavy atom. The molecule has 1 atom stereocenters. The minimum absolute atomic E-state index is 0.0380. The number of para-hydroxylation sites is 2. The molecule has 27 heavy (non-hydrogen) atoms. The monoisotopic (exact) mass is 368 g/mol. The number of hydrogen-bond donors (Lipinski definition) is 1. The van der Waals surface area contributed by atoms with Crippen molar-refractivity contribution in [2.24, 2.45) is 0 Å². The van der Waals surface area contributed by atoms with Gasteiger partial charge in [0.2, 0.25) is 5.91 Å². The quantitative estimate of drug-likeness (QED) is 0.878. The second-order valence-electron chi connectivity index (χ2n) is 6.78. The number of benzene rings is 2. The van der Waals surface area contributed by atoms with Gasteiger partial charge < -0.3 is 19.5 Å². The van der Waals surface area contributed by atoms with Crippen LogP contribution in [0.25, 0.3) is 0 Å². The minimum atomic E-state index is -0.0380. The third-order valence-electron chi connectivity index (χ3n) is 5.04. The summed E-state index contributed by atoms with van der Waals surface area (Å²) in [6.07, 6.45) is 2.10. The fraction of sp³-hybridized carbons (Fsp3) is 0.381. The number of likely N-dealkylation sites (tertiary alicyclic amines) is 1. The molecule has 0 aromatic heterocycles. The van der Waals surface area contributed by atoms with Gasteiger partial charge >= 0.3 is 0 Å². The van der Waals surface area contributed by atoms with Crippen molar-refractivity contribution in [2.45, 2.75) is 18.9 Å². The summed E-state index contributed by atoms with van der Waals surface area (Å²) in [6, 6.07) is 13.8. The zero-order valence-electron chi connectivity index (χ0n) is 15.4. The summed E-state index contributed by atoms with van der Waals surface area (Å²) in [5.74, 6) is 2.21. The van der Waals surface area contributed by atoms with Crippen molar-refractivity contribution >= 4 is 11.6 Å². The second kappa shape index (κ2) is 7.88. The van der Waals surface area contributed by atoms with Gasteiger partial charge in [-0.3, -0.25) is 9.69 Å². The van der Waals surface area contributed by atoms with Crippen LogP contribution in [0.4, 0.5) is 5.69 Å². The number of rotatable bonds is 5. The molecule has 0 spiro atoms. The van der Waals surface area contributed by atoms with Crippen LogP contribution in [0.1, 0.15) is 24.4 Å². The van der Waals surface area contributed by atoms with E-state index in [9.17, 15) is 4.79 Å². The molecule has 2 aromatic carbocycles. The van der Waals surface area contributed by atoms with Crippen molar-refractivity contribution in [1.82, 2.24) is 4.90 Å². The van der Waals surface area contributed by atoms with Gasteiger partial charge in [0.15, 0.2) is 11.5 Å². The van der Waals surface area contributed by atoms with E-state index in [1.807, 2.05) is 30.3 Å². The van der Waals surface area contributed by atoms with E-state index in [1.54, 1.807) is 7.11 Å². The smallest absolute Gasteiger partial charge is 0.238 e. The van der Waals surface area contributed by atoms with Crippen LogP contribution in [0.3, 0.4) is 0 Å². The maximum atomic E-state index is 12.6. The molecular formula is C21H24N2O4. The summed E-state index contributed by atoms with van der Waals surface area (Å²) in [7, 11) is 1.60. The average molecular weight is 368 g/mol. The standard InChI is InChI=1S/C21H24N2O4/c1-25-18-7-3-2-5-16(18)22-21(24)14-23-10-4-6-17(23)15-8-9-19-20(13-15)27-12-11-26-19/h2-3,5,7-9,13,17H,4,6,10-12,14H2,1H3,(H,22,24)/t17-/m1/s1. The van der Waals surface area contributed by atoms with Crippen LogP contribution in [-0.2, 0) is 4.79 Å². The number of anilines is 1. The number of ether oxygens (including phenoxy) is 3. The van der Waals surface area contributed by atoms with Crippen molar-refractivity contribution in [3.05, 3.63) is 48.0 Å². The Morgan fingerprint density at radius 1 is 1.19 bits per heavy atom. The first-order valence-corrected chi connectivity index (χ1v) is 9.31. The van der Waals surface area contributed by atoms with Crippen LogP contribution >= 0.6 is 0 Å². The molecule has 1 N–H and O–H groups in total. The van der Waals surface area contributed by atoms with Gasteiger partial charge in [-0.05, 0) is 49.2 Å². The number of hydrogen-bond acceptors (Lipinski definition) is 5. The zero-order valence-corrected chi connectivity index (χ0v) is 15.4. The highest BCUT2D eigenvalue weighted by Gasteiger charge is 2.29. The van der Waals surface area contributed by atoms with Crippen LogP contribution in [0.2, 0.25) is 0 Å². The van der Waals surface area contributed by atoms with Gasteiger partial charge in [0.25, 0.3) is 0 Å². The van der Waals surface area contributed by atoms with Gasteiger partial charge in [-0.15, -0.1) is 0 Å². The predicted molar refractivity (Wildman–Crippen MR) is 103 cm³/mol. The van der Waals surface area contributed by atoms with Crippen LogP contribution in [0, 0.1) is 0 Å². The first-order valence-electron chi connectivity index (χ1n) is 9.31. The average Bonchev–Trinajstić information content (AvgIpc) is 3.16. The van der Waals surface area contributed by atoms with Crippen LogP contribution < -0.4 is 19.5 Å². The Hall–Kier alpha value is -2.73. The maximum absolute atomic E-state index is 12.6. The van der Waals surface area contributed by atoms with Crippen LogP contribution in [0.5, 0.6) is 17.2 Å². The summed E-state index contributed by atoms with van der Waals surface area (Å²) < 4.78 is 16.6. The van der Waals surface area contributed by atoms with E-state index in [0.717, 1.165) is 30.9 Å². The lowest BCUT2D eigenvalue weighted by molar-refractivity contribution is -0.117. The normalized spacial score (nSPS) is 18.9. The lowest BCUT2D eigenvalue weighted by atomic mass is 10.0. The number of nitrogens with one attached hydrogen (secondary N) is 1. The maximum Gasteiger partial charge on any atom is 0.238 e. The summed E-state index contributed by atoms with van der Waals surface area (Å²) in [5.41, 5.74) is 1.86. The molecule has 4 rings (SSSR count). The topological polar surface area (TPSA) is 60.0 Å². The molecule has 2 aliphatic heterocycles. The Balaban J connectivity index is 1.45. The van der Waals surface area contributed by atoms with Gasteiger partial charge in [0, 0.05) is 6.04 Å². The van der Waals surface area contributed by atoms with E-state index in [4.69, 9.17) is 14.2 Å². The number of nitrogens with zero attached hydrogens (tertiary/aromatic N) is 1. The van der Waals surface area contributed by atoms with E-state index < -0.39 is 0 Å². The molecule has 1 saturated heterocycles. The fourth-order valence-corrected chi connectivity index (χ4v) is 3.78. The molecule has 142 valence electrons. The van der Waals surface area contributed by atoms with Crippen molar-refractivity contribution < 1.29 is 19.0 Å². The van der Waals surface area contributed by atoms with E-state index in [2.05, 4.69) is 22.3 Å². The molecule has 0 unspecified atom stereocenters. The number of methoxy groups -OCH3 is 1. The number of carbonyl (C=O) groups excluding carboxylic acids is 1. The molecule has 0 aliphatic carbocycles. The molecule has 0 bridgehead atoms. The van der Waals surface area contributed by atoms with E-state index in [1.165, 1.54) is 5.56 Å². The van der Waals surface area contributed by atoms with Gasteiger partial charge in [0.1, 0.15) is 19.0 Å². The Labute approximate surface area is 159 Å². The molecule has 0 radical (unpaired) electrons. The molecule has 1 amide bonds. The summed E-state index contributed by atoms with van der Waals surface area (Å²) >= 11 is 0. The van der Waals surface area contributed by atoms with Crippen molar-refractivity contribution in [3.63, 3.8) is 0 Å². The van der Waals surface area contributed by atoms with Crippen LogP contribution in [-0.4, -0.2) is 44.2 Å².